The summed E-state index contributed by atoms with van der Waals surface area (Å²) in [5, 5.41) is 0. The molecular formula is C12H24N2O3S. The van der Waals surface area contributed by atoms with Crippen molar-refractivity contribution in [2.24, 2.45) is 11.1 Å². The van der Waals surface area contributed by atoms with Crippen LogP contribution in [0.2, 0.25) is 0 Å². The number of hydrogen-bond donors (Lipinski definition) is 1. The molecule has 0 aromatic rings. The van der Waals surface area contributed by atoms with Crippen molar-refractivity contribution in [3.63, 3.8) is 0 Å². The smallest absolute Gasteiger partial charge is 0.151 e. The van der Waals surface area contributed by atoms with E-state index in [1.807, 2.05) is 0 Å². The maximum absolute atomic E-state index is 11.6. The molecule has 0 bridgehead atoms. The predicted octanol–water partition coefficient (Wildman–Crippen LogP) is -0.138. The van der Waals surface area contributed by atoms with E-state index in [9.17, 15) is 8.42 Å². The Labute approximate surface area is 110 Å². The quantitative estimate of drug-likeness (QED) is 0.777. The summed E-state index contributed by atoms with van der Waals surface area (Å²) in [6.07, 6.45) is 2.74. The summed E-state index contributed by atoms with van der Waals surface area (Å²) in [6.45, 7) is 4.68. The van der Waals surface area contributed by atoms with Gasteiger partial charge in [-0.05, 0) is 37.8 Å². The molecule has 2 fully saturated rings. The second kappa shape index (κ2) is 5.86. The summed E-state index contributed by atoms with van der Waals surface area (Å²) >= 11 is 0. The Morgan fingerprint density at radius 1 is 1.17 bits per heavy atom. The fraction of sp³-hybridized carbons (Fsp3) is 1.00. The van der Waals surface area contributed by atoms with Crippen LogP contribution in [0.25, 0.3) is 0 Å². The minimum atomic E-state index is -2.82. The number of ether oxygens (including phenoxy) is 1. The van der Waals surface area contributed by atoms with Crippen LogP contribution in [-0.4, -0.2) is 64.2 Å². The van der Waals surface area contributed by atoms with Crippen LogP contribution < -0.4 is 5.73 Å². The van der Waals surface area contributed by atoms with E-state index in [2.05, 4.69) is 4.90 Å². The minimum absolute atomic E-state index is 0.131. The lowest BCUT2D eigenvalue weighted by Gasteiger charge is -2.40. The maximum atomic E-state index is 11.6. The van der Waals surface area contributed by atoms with Gasteiger partial charge in [0.1, 0.15) is 0 Å². The molecule has 0 amide bonds. The molecule has 0 spiro atoms. The molecular weight excluding hydrogens is 252 g/mol. The first-order valence-electron chi connectivity index (χ1n) is 6.76. The van der Waals surface area contributed by atoms with Crippen molar-refractivity contribution in [2.45, 2.75) is 19.3 Å². The molecule has 2 N–H and O–H groups in total. The van der Waals surface area contributed by atoms with Gasteiger partial charge in [-0.15, -0.1) is 0 Å². The highest BCUT2D eigenvalue weighted by atomic mass is 32.2. The fourth-order valence-corrected chi connectivity index (χ4v) is 4.16. The van der Waals surface area contributed by atoms with Gasteiger partial charge in [0.2, 0.25) is 0 Å². The zero-order valence-electron chi connectivity index (χ0n) is 10.9. The van der Waals surface area contributed by atoms with Gasteiger partial charge in [0, 0.05) is 26.3 Å². The molecule has 0 aliphatic carbocycles. The van der Waals surface area contributed by atoms with Gasteiger partial charge in [0.25, 0.3) is 0 Å². The molecule has 106 valence electrons. The lowest BCUT2D eigenvalue weighted by atomic mass is 9.79. The van der Waals surface area contributed by atoms with Crippen LogP contribution in [0, 0.1) is 5.41 Å². The van der Waals surface area contributed by atoms with Crippen molar-refractivity contribution >= 4 is 9.84 Å². The maximum Gasteiger partial charge on any atom is 0.151 e. The number of hydrogen-bond acceptors (Lipinski definition) is 5. The molecule has 6 heteroatoms. The highest BCUT2D eigenvalue weighted by molar-refractivity contribution is 7.91. The average molecular weight is 276 g/mol. The first-order chi connectivity index (χ1) is 8.55. The summed E-state index contributed by atoms with van der Waals surface area (Å²) < 4.78 is 28.6. The van der Waals surface area contributed by atoms with E-state index in [1.54, 1.807) is 0 Å². The van der Waals surface area contributed by atoms with Gasteiger partial charge in [-0.25, -0.2) is 8.42 Å². The Kier molecular flexibility index (Phi) is 4.64. The van der Waals surface area contributed by atoms with Gasteiger partial charge in [-0.3, -0.25) is 0 Å². The van der Waals surface area contributed by atoms with E-state index >= 15 is 0 Å². The molecule has 0 aromatic carbocycles. The van der Waals surface area contributed by atoms with Crippen LogP contribution in [0.3, 0.4) is 0 Å². The molecule has 2 aliphatic rings. The van der Waals surface area contributed by atoms with E-state index in [4.69, 9.17) is 10.5 Å². The van der Waals surface area contributed by atoms with Gasteiger partial charge in [-0.2, -0.15) is 0 Å². The van der Waals surface area contributed by atoms with Crippen LogP contribution in [0.4, 0.5) is 0 Å². The average Bonchev–Trinajstić information content (AvgIpc) is 2.52. The Balaban J connectivity index is 1.95. The topological polar surface area (TPSA) is 72.6 Å². The Morgan fingerprint density at radius 3 is 2.56 bits per heavy atom. The molecule has 0 unspecified atom stereocenters. The van der Waals surface area contributed by atoms with Gasteiger partial charge in [0.15, 0.2) is 9.84 Å². The Morgan fingerprint density at radius 2 is 1.89 bits per heavy atom. The lowest BCUT2D eigenvalue weighted by Crippen LogP contribution is -2.46. The number of sulfone groups is 1. The van der Waals surface area contributed by atoms with E-state index in [0.29, 0.717) is 24.6 Å². The molecule has 18 heavy (non-hydrogen) atoms. The van der Waals surface area contributed by atoms with E-state index in [1.165, 1.54) is 0 Å². The van der Waals surface area contributed by atoms with Crippen molar-refractivity contribution in [3.8, 4) is 0 Å². The molecule has 0 saturated carbocycles. The summed E-state index contributed by atoms with van der Waals surface area (Å²) in [4.78, 5) is 2.28. The summed E-state index contributed by atoms with van der Waals surface area (Å²) in [5.74, 6) is 0.631. The SMILES string of the molecule is NCC1(CN2CCCS(=O)(=O)CC2)CCOCC1. The molecule has 2 aliphatic heterocycles. The third kappa shape index (κ3) is 3.66. The van der Waals surface area contributed by atoms with Gasteiger partial charge in [-0.1, -0.05) is 0 Å². The van der Waals surface area contributed by atoms with Crippen LogP contribution in [0.1, 0.15) is 19.3 Å². The Bertz CT molecular complexity index is 364. The highest BCUT2D eigenvalue weighted by Crippen LogP contribution is 2.30. The summed E-state index contributed by atoms with van der Waals surface area (Å²) in [7, 11) is -2.82. The molecule has 0 atom stereocenters. The standard InChI is InChI=1S/C12H24N2O3S/c13-10-12(2-6-17-7-3-12)11-14-4-1-8-18(15,16)9-5-14/h1-11,13H2. The Hall–Kier alpha value is -0.170. The molecule has 2 rings (SSSR count). The van der Waals surface area contributed by atoms with E-state index in [0.717, 1.165) is 45.6 Å². The van der Waals surface area contributed by atoms with Gasteiger partial charge < -0.3 is 15.4 Å². The largest absolute Gasteiger partial charge is 0.381 e. The van der Waals surface area contributed by atoms with Crippen molar-refractivity contribution in [1.82, 2.24) is 4.90 Å². The highest BCUT2D eigenvalue weighted by Gasteiger charge is 2.34. The van der Waals surface area contributed by atoms with Crippen LogP contribution >= 0.6 is 0 Å². The normalized spacial score (nSPS) is 28.7. The zero-order chi connectivity index (χ0) is 13.1. The lowest BCUT2D eigenvalue weighted by molar-refractivity contribution is 0.00102. The molecule has 5 nitrogen and oxygen atoms in total. The van der Waals surface area contributed by atoms with E-state index in [-0.39, 0.29) is 5.41 Å². The summed E-state index contributed by atoms with van der Waals surface area (Å²) in [6, 6.07) is 0. The molecule has 2 saturated heterocycles. The van der Waals surface area contributed by atoms with Crippen molar-refractivity contribution in [1.29, 1.82) is 0 Å². The van der Waals surface area contributed by atoms with Crippen LogP contribution in [0.5, 0.6) is 0 Å². The summed E-state index contributed by atoms with van der Waals surface area (Å²) in [5.41, 5.74) is 6.08. The predicted molar refractivity (Wildman–Crippen MR) is 71.3 cm³/mol. The zero-order valence-corrected chi connectivity index (χ0v) is 11.8. The molecule has 0 aromatic heterocycles. The second-order valence-corrected chi connectivity index (χ2v) is 7.90. The van der Waals surface area contributed by atoms with Crippen molar-refractivity contribution < 1.29 is 13.2 Å². The first kappa shape index (κ1) is 14.2. The third-order valence-corrected chi connectivity index (χ3v) is 5.91. The fourth-order valence-electron chi connectivity index (χ4n) is 2.85. The molecule has 2 heterocycles. The van der Waals surface area contributed by atoms with Crippen molar-refractivity contribution in [2.75, 3.05) is 50.9 Å². The number of nitrogens with zero attached hydrogens (tertiary/aromatic N) is 1. The minimum Gasteiger partial charge on any atom is -0.381 e. The third-order valence-electron chi connectivity index (χ3n) is 4.19. The molecule has 0 radical (unpaired) electrons. The van der Waals surface area contributed by atoms with Crippen molar-refractivity contribution in [3.05, 3.63) is 0 Å². The monoisotopic (exact) mass is 276 g/mol. The van der Waals surface area contributed by atoms with Gasteiger partial charge in [0.05, 0.1) is 11.5 Å². The van der Waals surface area contributed by atoms with E-state index < -0.39 is 9.84 Å². The first-order valence-corrected chi connectivity index (χ1v) is 8.58. The second-order valence-electron chi connectivity index (χ2n) is 5.60. The van der Waals surface area contributed by atoms with Crippen LogP contribution in [-0.2, 0) is 14.6 Å². The van der Waals surface area contributed by atoms with Gasteiger partial charge >= 0.3 is 0 Å². The van der Waals surface area contributed by atoms with Crippen LogP contribution in [0.15, 0.2) is 0 Å². The number of rotatable bonds is 3. The number of nitrogens with two attached hydrogens (primary N) is 1.